The smallest absolute Gasteiger partial charge is 0.304 e. The largest absolute Gasteiger partial charge is 0.481 e. The first-order valence-electron chi connectivity index (χ1n) is 14.0. The van der Waals surface area contributed by atoms with E-state index in [1.807, 2.05) is 6.07 Å². The Bertz CT molecular complexity index is 1530. The van der Waals surface area contributed by atoms with Crippen molar-refractivity contribution in [2.45, 2.75) is 63.8 Å². The molecular formula is C30H30ClFN4O4S. The highest BCUT2D eigenvalue weighted by Crippen LogP contribution is 2.43. The van der Waals surface area contributed by atoms with Gasteiger partial charge < -0.3 is 5.11 Å². The second kappa shape index (κ2) is 11.1. The first kappa shape index (κ1) is 27.8. The Morgan fingerprint density at radius 3 is 2.66 bits per heavy atom. The van der Waals surface area contributed by atoms with Crippen LogP contribution in [-0.2, 0) is 20.8 Å². The number of thiazole rings is 1. The number of carboxylic acids is 1. The summed E-state index contributed by atoms with van der Waals surface area (Å²) in [6.45, 7) is 0. The van der Waals surface area contributed by atoms with Crippen LogP contribution in [0.4, 0.5) is 15.3 Å². The number of likely N-dealkylation sites (N-methyl/N-ethyl adjacent to an activating group) is 1. The number of nitrogens with zero attached hydrogens (tertiary/aromatic N) is 4. The molecule has 2 aliphatic carbocycles. The lowest BCUT2D eigenvalue weighted by Crippen LogP contribution is -2.39. The van der Waals surface area contributed by atoms with Gasteiger partial charge in [-0.15, -0.1) is 0 Å². The third-order valence-corrected chi connectivity index (χ3v) is 9.40. The average Bonchev–Trinajstić information content (AvgIpc) is 3.35. The number of rotatable bonds is 9. The number of halogens is 2. The Kier molecular flexibility index (Phi) is 7.54. The molecule has 3 aliphatic rings. The maximum Gasteiger partial charge on any atom is 0.304 e. The fraction of sp³-hybridized carbons (Fsp3) is 0.433. The number of hydrogen-bond acceptors (Lipinski definition) is 6. The van der Waals surface area contributed by atoms with Gasteiger partial charge >= 0.3 is 5.97 Å². The second-order valence-electron chi connectivity index (χ2n) is 11.3. The zero-order valence-electron chi connectivity index (χ0n) is 22.6. The molecule has 2 fully saturated rings. The Morgan fingerprint density at radius 1 is 1.20 bits per heavy atom. The molecule has 1 atom stereocenters. The Balaban J connectivity index is 1.36. The van der Waals surface area contributed by atoms with Crippen LogP contribution in [0.25, 0.3) is 22.4 Å². The van der Waals surface area contributed by atoms with Crippen molar-refractivity contribution in [2.24, 2.45) is 11.8 Å². The van der Waals surface area contributed by atoms with Gasteiger partial charge in [0.1, 0.15) is 11.5 Å². The fourth-order valence-corrected chi connectivity index (χ4v) is 7.16. The van der Waals surface area contributed by atoms with Crippen LogP contribution in [0.3, 0.4) is 0 Å². The Labute approximate surface area is 246 Å². The van der Waals surface area contributed by atoms with Crippen LogP contribution in [0.1, 0.15) is 56.9 Å². The van der Waals surface area contributed by atoms with Crippen LogP contribution in [0, 0.1) is 17.0 Å². The predicted octanol–water partition coefficient (Wildman–Crippen LogP) is 6.35. The van der Waals surface area contributed by atoms with E-state index >= 15 is 4.39 Å². The van der Waals surface area contributed by atoms with Crippen molar-refractivity contribution in [1.82, 2.24) is 9.97 Å². The Hall–Kier alpha value is -3.37. The number of aromatic nitrogens is 2. The minimum Gasteiger partial charge on any atom is -0.481 e. The highest BCUT2D eigenvalue weighted by atomic mass is 35.5. The van der Waals surface area contributed by atoms with E-state index in [1.54, 1.807) is 36.3 Å². The minimum atomic E-state index is -1.01. The SMILES string of the molecule is CN1C(=O)Cc2cc(-c3ccc(Cl)cc3-c3nc(N(C(=O)[C@@H](CC(=O)O)CC4CCCC4)C4CC4)sc3F)cnc21. The lowest BCUT2D eigenvalue weighted by atomic mass is 9.90. The molecule has 3 heterocycles. The molecule has 1 N–H and O–H groups in total. The minimum absolute atomic E-state index is 0.0462. The maximum absolute atomic E-state index is 15.7. The van der Waals surface area contributed by atoms with Gasteiger partial charge in [0.15, 0.2) is 5.13 Å². The van der Waals surface area contributed by atoms with Gasteiger partial charge in [0.05, 0.1) is 12.8 Å². The van der Waals surface area contributed by atoms with Gasteiger partial charge in [-0.05, 0) is 48.9 Å². The lowest BCUT2D eigenvalue weighted by molar-refractivity contribution is -0.141. The summed E-state index contributed by atoms with van der Waals surface area (Å²) in [5, 5.41) is 9.65. The number of benzene rings is 1. The number of amides is 2. The van der Waals surface area contributed by atoms with Gasteiger partial charge in [0.2, 0.25) is 16.9 Å². The van der Waals surface area contributed by atoms with E-state index in [1.165, 1.54) is 4.90 Å². The first-order valence-corrected chi connectivity index (χ1v) is 15.2. The van der Waals surface area contributed by atoms with Crippen LogP contribution in [0.2, 0.25) is 5.02 Å². The molecular weight excluding hydrogens is 567 g/mol. The number of carboxylic acid groups (broad SMARTS) is 1. The summed E-state index contributed by atoms with van der Waals surface area (Å²) in [7, 11) is 1.68. The number of hydrogen-bond donors (Lipinski definition) is 1. The van der Waals surface area contributed by atoms with E-state index in [0.29, 0.717) is 39.9 Å². The summed E-state index contributed by atoms with van der Waals surface area (Å²) in [6.07, 6.45) is 7.89. The third-order valence-electron chi connectivity index (χ3n) is 8.32. The molecule has 11 heteroatoms. The molecule has 0 unspecified atom stereocenters. The van der Waals surface area contributed by atoms with E-state index in [2.05, 4.69) is 9.97 Å². The van der Waals surface area contributed by atoms with E-state index in [9.17, 15) is 19.5 Å². The van der Waals surface area contributed by atoms with Crippen molar-refractivity contribution < 1.29 is 23.9 Å². The average molecular weight is 597 g/mol. The van der Waals surface area contributed by atoms with Crippen LogP contribution in [-0.4, -0.2) is 45.9 Å². The highest BCUT2D eigenvalue weighted by Gasteiger charge is 2.41. The number of pyridine rings is 1. The number of carbonyl (C=O) groups is 3. The molecule has 2 saturated carbocycles. The molecule has 1 aliphatic heterocycles. The molecule has 8 nitrogen and oxygen atoms in total. The molecule has 3 aromatic rings. The topological polar surface area (TPSA) is 104 Å². The zero-order chi connectivity index (χ0) is 28.8. The number of anilines is 2. The van der Waals surface area contributed by atoms with Gasteiger partial charge in [-0.3, -0.25) is 24.2 Å². The molecule has 6 rings (SSSR count). The van der Waals surface area contributed by atoms with Crippen LogP contribution in [0.5, 0.6) is 0 Å². The van der Waals surface area contributed by atoms with Crippen molar-refractivity contribution in [2.75, 3.05) is 16.8 Å². The van der Waals surface area contributed by atoms with Crippen LogP contribution < -0.4 is 9.80 Å². The van der Waals surface area contributed by atoms with Gasteiger partial charge in [0.25, 0.3) is 0 Å². The standard InChI is InChI=1S/C30H30ClFN4O4S/c1-35-24(37)12-17-11-19(15-33-28(17)35)22-9-6-20(31)14-23(22)26-27(32)41-30(34-26)36(21-7-8-21)29(40)18(13-25(38)39)10-16-4-2-3-5-16/h6,9,11,14-16,18,21H,2-5,7-8,10,12-13H2,1H3,(H,38,39)/t18-/m1/s1. The summed E-state index contributed by atoms with van der Waals surface area (Å²) in [5.41, 5.74) is 2.65. The molecule has 0 radical (unpaired) electrons. The van der Waals surface area contributed by atoms with Crippen molar-refractivity contribution in [3.05, 3.63) is 46.2 Å². The quantitative estimate of drug-likeness (QED) is 0.309. The molecule has 0 bridgehead atoms. The van der Waals surface area contributed by atoms with Crippen molar-refractivity contribution in [1.29, 1.82) is 0 Å². The summed E-state index contributed by atoms with van der Waals surface area (Å²) in [6, 6.07) is 6.88. The Morgan fingerprint density at radius 2 is 1.95 bits per heavy atom. The normalized spacial score (nSPS) is 17.6. The van der Waals surface area contributed by atoms with Crippen molar-refractivity contribution in [3.63, 3.8) is 0 Å². The van der Waals surface area contributed by atoms with E-state index in [4.69, 9.17) is 11.6 Å². The molecule has 214 valence electrons. The van der Waals surface area contributed by atoms with Crippen LogP contribution in [0.15, 0.2) is 30.5 Å². The fourth-order valence-electron chi connectivity index (χ4n) is 6.10. The van der Waals surface area contributed by atoms with E-state index < -0.39 is 17.0 Å². The summed E-state index contributed by atoms with van der Waals surface area (Å²) in [5.74, 6) is -1.09. The molecule has 0 saturated heterocycles. The lowest BCUT2D eigenvalue weighted by Gasteiger charge is -2.26. The predicted molar refractivity (Wildman–Crippen MR) is 156 cm³/mol. The van der Waals surface area contributed by atoms with Gasteiger partial charge in [0, 0.05) is 46.9 Å². The van der Waals surface area contributed by atoms with Gasteiger partial charge in [-0.1, -0.05) is 54.7 Å². The molecule has 0 spiro atoms. The third kappa shape index (κ3) is 5.59. The first-order chi connectivity index (χ1) is 19.7. The highest BCUT2D eigenvalue weighted by molar-refractivity contribution is 7.14. The molecule has 1 aromatic carbocycles. The molecule has 2 aromatic heterocycles. The maximum atomic E-state index is 15.7. The number of aliphatic carboxylic acids is 1. The number of carbonyl (C=O) groups excluding carboxylic acids is 2. The molecule has 41 heavy (non-hydrogen) atoms. The van der Waals surface area contributed by atoms with Crippen LogP contribution >= 0.6 is 22.9 Å². The monoisotopic (exact) mass is 596 g/mol. The summed E-state index contributed by atoms with van der Waals surface area (Å²) >= 11 is 7.15. The van der Waals surface area contributed by atoms with E-state index in [0.717, 1.165) is 55.4 Å². The van der Waals surface area contributed by atoms with Crippen molar-refractivity contribution >= 4 is 51.7 Å². The number of fused-ring (bicyclic) bond motifs is 1. The second-order valence-corrected chi connectivity index (χ2v) is 12.6. The summed E-state index contributed by atoms with van der Waals surface area (Å²) < 4.78 is 15.7. The van der Waals surface area contributed by atoms with E-state index in [-0.39, 0.29) is 41.5 Å². The van der Waals surface area contributed by atoms with Crippen molar-refractivity contribution in [3.8, 4) is 22.4 Å². The zero-order valence-corrected chi connectivity index (χ0v) is 24.2. The van der Waals surface area contributed by atoms with Gasteiger partial charge in [-0.25, -0.2) is 9.97 Å². The summed E-state index contributed by atoms with van der Waals surface area (Å²) in [4.78, 5) is 49.9. The van der Waals surface area contributed by atoms with Gasteiger partial charge in [-0.2, -0.15) is 4.39 Å². The molecule has 2 amide bonds.